The average Bonchev–Trinajstić information content (AvgIpc) is 3.29. The van der Waals surface area contributed by atoms with Crippen molar-refractivity contribution in [2.75, 3.05) is 6.54 Å². The Bertz CT molecular complexity index is 477. The van der Waals surface area contributed by atoms with E-state index in [0.717, 1.165) is 12.8 Å². The van der Waals surface area contributed by atoms with Crippen molar-refractivity contribution in [1.82, 2.24) is 10.6 Å². The lowest BCUT2D eigenvalue weighted by Gasteiger charge is -2.16. The molecule has 4 N–H and O–H groups in total. The van der Waals surface area contributed by atoms with Crippen molar-refractivity contribution < 1.29 is 9.59 Å². The summed E-state index contributed by atoms with van der Waals surface area (Å²) in [7, 11) is 0. The topological polar surface area (TPSA) is 84.2 Å². The van der Waals surface area contributed by atoms with Crippen molar-refractivity contribution in [3.8, 4) is 0 Å². The van der Waals surface area contributed by atoms with E-state index < -0.39 is 6.04 Å². The lowest BCUT2D eigenvalue weighted by atomic mass is 10.2. The van der Waals surface area contributed by atoms with Gasteiger partial charge in [-0.05, 0) is 37.8 Å². The first-order valence-corrected chi connectivity index (χ1v) is 6.97. The standard InChI is InChI=1S/C15H21N3O2.ClH/c1-10(14(19)17-9-13(16)11-7-8-11)18-15(20)12-5-3-2-4-6-12;/h2-6,10-11,13H,7-9,16H2,1H3,(H,17,19)(H,18,20);1H. The van der Waals surface area contributed by atoms with Crippen LogP contribution in [0.2, 0.25) is 0 Å². The predicted octanol–water partition coefficient (Wildman–Crippen LogP) is 1.08. The fraction of sp³-hybridized carbons (Fsp3) is 0.467. The summed E-state index contributed by atoms with van der Waals surface area (Å²) in [4.78, 5) is 23.8. The van der Waals surface area contributed by atoms with Gasteiger partial charge in [0.1, 0.15) is 6.04 Å². The summed E-state index contributed by atoms with van der Waals surface area (Å²) in [6.45, 7) is 2.13. The van der Waals surface area contributed by atoms with Crippen LogP contribution in [0.5, 0.6) is 0 Å². The summed E-state index contributed by atoms with van der Waals surface area (Å²) >= 11 is 0. The molecule has 0 aromatic heterocycles. The van der Waals surface area contributed by atoms with Gasteiger partial charge in [0.25, 0.3) is 5.91 Å². The maximum Gasteiger partial charge on any atom is 0.251 e. The van der Waals surface area contributed by atoms with Crippen molar-refractivity contribution in [2.45, 2.75) is 31.8 Å². The molecule has 1 saturated carbocycles. The van der Waals surface area contributed by atoms with Gasteiger partial charge in [-0.15, -0.1) is 12.4 Å². The molecule has 1 aromatic rings. The van der Waals surface area contributed by atoms with Gasteiger partial charge in [-0.1, -0.05) is 18.2 Å². The molecule has 5 nitrogen and oxygen atoms in total. The van der Waals surface area contributed by atoms with Crippen LogP contribution < -0.4 is 16.4 Å². The molecule has 1 aliphatic carbocycles. The molecule has 0 radical (unpaired) electrons. The Morgan fingerprint density at radius 2 is 1.90 bits per heavy atom. The fourth-order valence-electron chi connectivity index (χ4n) is 2.00. The van der Waals surface area contributed by atoms with Crippen LogP contribution in [0.15, 0.2) is 30.3 Å². The van der Waals surface area contributed by atoms with E-state index in [0.29, 0.717) is 18.0 Å². The molecule has 21 heavy (non-hydrogen) atoms. The summed E-state index contributed by atoms with van der Waals surface area (Å²) in [6.07, 6.45) is 2.30. The van der Waals surface area contributed by atoms with Crippen LogP contribution in [-0.4, -0.2) is 30.4 Å². The number of benzene rings is 1. The van der Waals surface area contributed by atoms with Crippen LogP contribution in [0.3, 0.4) is 0 Å². The van der Waals surface area contributed by atoms with Gasteiger partial charge in [0.05, 0.1) is 0 Å². The van der Waals surface area contributed by atoms with Gasteiger partial charge in [0, 0.05) is 18.2 Å². The minimum Gasteiger partial charge on any atom is -0.353 e. The van der Waals surface area contributed by atoms with Crippen LogP contribution >= 0.6 is 12.4 Å². The molecule has 1 fully saturated rings. The number of nitrogens with two attached hydrogens (primary N) is 1. The molecule has 0 heterocycles. The van der Waals surface area contributed by atoms with Crippen LogP contribution in [-0.2, 0) is 4.79 Å². The monoisotopic (exact) mass is 311 g/mol. The van der Waals surface area contributed by atoms with Crippen molar-refractivity contribution in [1.29, 1.82) is 0 Å². The van der Waals surface area contributed by atoms with Crippen molar-refractivity contribution in [2.24, 2.45) is 11.7 Å². The summed E-state index contributed by atoms with van der Waals surface area (Å²) in [5.41, 5.74) is 6.46. The van der Waals surface area contributed by atoms with E-state index in [-0.39, 0.29) is 30.3 Å². The van der Waals surface area contributed by atoms with E-state index in [1.54, 1.807) is 31.2 Å². The zero-order valence-electron chi connectivity index (χ0n) is 12.0. The molecule has 2 unspecified atom stereocenters. The number of rotatable bonds is 6. The predicted molar refractivity (Wildman–Crippen MR) is 84.3 cm³/mol. The van der Waals surface area contributed by atoms with Crippen molar-refractivity contribution in [3.05, 3.63) is 35.9 Å². The first-order valence-electron chi connectivity index (χ1n) is 6.97. The Hall–Kier alpha value is -1.59. The number of nitrogens with one attached hydrogen (secondary N) is 2. The summed E-state index contributed by atoms with van der Waals surface area (Å²) in [6, 6.07) is 8.28. The molecule has 6 heteroatoms. The molecule has 0 bridgehead atoms. The van der Waals surface area contributed by atoms with Crippen LogP contribution in [0.4, 0.5) is 0 Å². The summed E-state index contributed by atoms with van der Waals surface area (Å²) in [5.74, 6) is 0.0923. The molecular weight excluding hydrogens is 290 g/mol. The number of halogens is 1. The van der Waals surface area contributed by atoms with Gasteiger partial charge in [-0.2, -0.15) is 0 Å². The van der Waals surface area contributed by atoms with E-state index >= 15 is 0 Å². The average molecular weight is 312 g/mol. The lowest BCUT2D eigenvalue weighted by Crippen LogP contribution is -2.48. The Kier molecular flexibility index (Phi) is 6.65. The molecular formula is C15H22ClN3O2. The van der Waals surface area contributed by atoms with E-state index in [4.69, 9.17) is 5.73 Å². The van der Waals surface area contributed by atoms with E-state index in [2.05, 4.69) is 10.6 Å². The number of carbonyl (C=O) groups excluding carboxylic acids is 2. The molecule has 2 atom stereocenters. The third-order valence-electron chi connectivity index (χ3n) is 3.52. The fourth-order valence-corrected chi connectivity index (χ4v) is 2.00. The number of hydrogen-bond acceptors (Lipinski definition) is 3. The van der Waals surface area contributed by atoms with E-state index in [1.165, 1.54) is 0 Å². The molecule has 116 valence electrons. The Morgan fingerprint density at radius 1 is 1.29 bits per heavy atom. The highest BCUT2D eigenvalue weighted by Crippen LogP contribution is 2.31. The van der Waals surface area contributed by atoms with Crippen molar-refractivity contribution in [3.63, 3.8) is 0 Å². The highest BCUT2D eigenvalue weighted by molar-refractivity contribution is 5.97. The van der Waals surface area contributed by atoms with Gasteiger partial charge in [0.2, 0.25) is 5.91 Å². The van der Waals surface area contributed by atoms with E-state index in [1.807, 2.05) is 6.07 Å². The van der Waals surface area contributed by atoms with Crippen molar-refractivity contribution >= 4 is 24.2 Å². The molecule has 1 aliphatic rings. The van der Waals surface area contributed by atoms with E-state index in [9.17, 15) is 9.59 Å². The van der Waals surface area contributed by atoms with Gasteiger partial charge in [-0.25, -0.2) is 0 Å². The minimum absolute atomic E-state index is 0. The SMILES string of the molecule is CC(NC(=O)c1ccccc1)C(=O)NCC(N)C1CC1.Cl. The quantitative estimate of drug-likeness (QED) is 0.735. The maximum absolute atomic E-state index is 11.9. The molecule has 1 aromatic carbocycles. The molecule has 0 spiro atoms. The Morgan fingerprint density at radius 3 is 2.48 bits per heavy atom. The van der Waals surface area contributed by atoms with Crippen LogP contribution in [0, 0.1) is 5.92 Å². The van der Waals surface area contributed by atoms with Gasteiger partial charge >= 0.3 is 0 Å². The number of carbonyl (C=O) groups is 2. The van der Waals surface area contributed by atoms with Gasteiger partial charge in [-0.3, -0.25) is 9.59 Å². The molecule has 2 amide bonds. The zero-order valence-corrected chi connectivity index (χ0v) is 12.9. The number of amides is 2. The Labute approximate surface area is 131 Å². The van der Waals surface area contributed by atoms with Crippen LogP contribution in [0.1, 0.15) is 30.1 Å². The van der Waals surface area contributed by atoms with Gasteiger partial charge in [0.15, 0.2) is 0 Å². The number of hydrogen-bond donors (Lipinski definition) is 3. The molecule has 2 rings (SSSR count). The smallest absolute Gasteiger partial charge is 0.251 e. The summed E-state index contributed by atoms with van der Waals surface area (Å²) in [5, 5.41) is 5.45. The third-order valence-corrected chi connectivity index (χ3v) is 3.52. The Balaban J connectivity index is 0.00000220. The summed E-state index contributed by atoms with van der Waals surface area (Å²) < 4.78 is 0. The maximum atomic E-state index is 11.9. The third kappa shape index (κ3) is 5.36. The second kappa shape index (κ2) is 8.00. The highest BCUT2D eigenvalue weighted by Gasteiger charge is 2.28. The normalized spacial score (nSPS) is 16.3. The zero-order chi connectivity index (χ0) is 14.5. The second-order valence-electron chi connectivity index (χ2n) is 5.31. The molecule has 0 saturated heterocycles. The van der Waals surface area contributed by atoms with Gasteiger partial charge < -0.3 is 16.4 Å². The van der Waals surface area contributed by atoms with Crippen LogP contribution in [0.25, 0.3) is 0 Å². The second-order valence-corrected chi connectivity index (χ2v) is 5.31. The highest BCUT2D eigenvalue weighted by atomic mass is 35.5. The lowest BCUT2D eigenvalue weighted by molar-refractivity contribution is -0.122. The first kappa shape index (κ1) is 17.5. The largest absolute Gasteiger partial charge is 0.353 e. The minimum atomic E-state index is -0.575. The first-order chi connectivity index (χ1) is 9.58. The molecule has 0 aliphatic heterocycles.